The highest BCUT2D eigenvalue weighted by Crippen LogP contribution is 2.18. The molecule has 92 valence electrons. The highest BCUT2D eigenvalue weighted by molar-refractivity contribution is 5.56. The van der Waals surface area contributed by atoms with Gasteiger partial charge in [0.1, 0.15) is 0 Å². The first kappa shape index (κ1) is 12.2. The van der Waals surface area contributed by atoms with Crippen molar-refractivity contribution in [3.05, 3.63) is 73.3 Å². The van der Waals surface area contributed by atoms with E-state index >= 15 is 0 Å². The number of rotatable bonds is 5. The second-order valence-corrected chi connectivity index (χ2v) is 4.16. The number of para-hydroxylation sites is 2. The maximum Gasteiger partial charge on any atom is 0.0653 e. The lowest BCUT2D eigenvalue weighted by Crippen LogP contribution is -2.36. The third-order valence-corrected chi connectivity index (χ3v) is 2.81. The maximum absolute atomic E-state index is 3.87. The minimum Gasteiger partial charge on any atom is -0.298 e. The predicted molar refractivity (Wildman–Crippen MR) is 78.6 cm³/mol. The van der Waals surface area contributed by atoms with Crippen molar-refractivity contribution in [1.29, 1.82) is 0 Å². The van der Waals surface area contributed by atoms with Gasteiger partial charge in [-0.15, -0.1) is 6.58 Å². The van der Waals surface area contributed by atoms with Crippen molar-refractivity contribution in [3.63, 3.8) is 0 Å². The van der Waals surface area contributed by atoms with Crippen molar-refractivity contribution >= 4 is 11.4 Å². The van der Waals surface area contributed by atoms with Crippen LogP contribution < -0.4 is 10.4 Å². The molecule has 0 heterocycles. The highest BCUT2D eigenvalue weighted by Gasteiger charge is 2.11. The fraction of sp³-hybridized carbons (Fsp3) is 0.125. The van der Waals surface area contributed by atoms with Gasteiger partial charge in [0.15, 0.2) is 0 Å². The van der Waals surface area contributed by atoms with Crippen molar-refractivity contribution in [1.82, 2.24) is 0 Å². The Bertz CT molecular complexity index is 479. The molecular weight excluding hydrogens is 220 g/mol. The number of hydrogen-bond donors (Lipinski definition) is 1. The van der Waals surface area contributed by atoms with Gasteiger partial charge in [0.25, 0.3) is 0 Å². The van der Waals surface area contributed by atoms with Gasteiger partial charge in [0, 0.05) is 0 Å². The number of hydrazine groups is 1. The first-order chi connectivity index (χ1) is 8.81. The van der Waals surface area contributed by atoms with Crippen molar-refractivity contribution in [2.24, 2.45) is 0 Å². The van der Waals surface area contributed by atoms with E-state index in [1.165, 1.54) is 0 Å². The second-order valence-electron chi connectivity index (χ2n) is 4.16. The maximum atomic E-state index is 3.87. The monoisotopic (exact) mass is 238 g/mol. The van der Waals surface area contributed by atoms with Gasteiger partial charge >= 0.3 is 0 Å². The molecule has 0 fully saturated rings. The van der Waals surface area contributed by atoms with Gasteiger partial charge in [-0.1, -0.05) is 42.5 Å². The highest BCUT2D eigenvalue weighted by atomic mass is 15.5. The predicted octanol–water partition coefficient (Wildman–Crippen LogP) is 4.09. The lowest BCUT2D eigenvalue weighted by molar-refractivity contribution is 0.814. The van der Waals surface area contributed by atoms with Crippen LogP contribution >= 0.6 is 0 Å². The molecule has 0 saturated carbocycles. The number of nitrogens with zero attached hydrogens (tertiary/aromatic N) is 1. The van der Waals surface area contributed by atoms with E-state index in [0.29, 0.717) is 0 Å². The fourth-order valence-corrected chi connectivity index (χ4v) is 1.75. The van der Waals surface area contributed by atoms with Crippen LogP contribution in [0.25, 0.3) is 0 Å². The molecule has 0 aliphatic rings. The Labute approximate surface area is 109 Å². The second kappa shape index (κ2) is 5.92. The average molecular weight is 238 g/mol. The normalized spacial score (nSPS) is 11.6. The third kappa shape index (κ3) is 2.92. The van der Waals surface area contributed by atoms with Crippen LogP contribution in [0.2, 0.25) is 0 Å². The summed E-state index contributed by atoms with van der Waals surface area (Å²) in [4.78, 5) is 0. The van der Waals surface area contributed by atoms with Crippen molar-refractivity contribution in [3.8, 4) is 0 Å². The van der Waals surface area contributed by atoms with Gasteiger partial charge < -0.3 is 0 Å². The average Bonchev–Trinajstić information content (AvgIpc) is 2.46. The van der Waals surface area contributed by atoms with Gasteiger partial charge in [0.2, 0.25) is 0 Å². The van der Waals surface area contributed by atoms with Crippen LogP contribution in [0, 0.1) is 0 Å². The lowest BCUT2D eigenvalue weighted by atomic mass is 10.2. The van der Waals surface area contributed by atoms with E-state index in [1.54, 1.807) is 0 Å². The number of hydrogen-bond acceptors (Lipinski definition) is 2. The van der Waals surface area contributed by atoms with Crippen LogP contribution in [0.3, 0.4) is 0 Å². The molecular formula is C16H18N2. The van der Waals surface area contributed by atoms with Crippen LogP contribution in [0.1, 0.15) is 6.92 Å². The Hall–Kier alpha value is -2.22. The van der Waals surface area contributed by atoms with E-state index in [0.717, 1.165) is 11.4 Å². The summed E-state index contributed by atoms with van der Waals surface area (Å²) < 4.78 is 0. The summed E-state index contributed by atoms with van der Waals surface area (Å²) in [7, 11) is 0. The molecule has 2 nitrogen and oxygen atoms in total. The Morgan fingerprint density at radius 2 is 1.56 bits per heavy atom. The Morgan fingerprint density at radius 3 is 2.11 bits per heavy atom. The number of benzene rings is 2. The molecule has 0 aliphatic carbocycles. The smallest absolute Gasteiger partial charge is 0.0653 e. The van der Waals surface area contributed by atoms with Crippen LogP contribution in [0.5, 0.6) is 0 Å². The Morgan fingerprint density at radius 1 is 1.00 bits per heavy atom. The summed E-state index contributed by atoms with van der Waals surface area (Å²) in [5.74, 6) is 0. The number of anilines is 2. The van der Waals surface area contributed by atoms with Gasteiger partial charge in [-0.05, 0) is 31.2 Å². The molecule has 1 N–H and O–H groups in total. The molecule has 18 heavy (non-hydrogen) atoms. The molecule has 0 aliphatic heterocycles. The summed E-state index contributed by atoms with van der Waals surface area (Å²) in [6.07, 6.45) is 1.92. The summed E-state index contributed by atoms with van der Waals surface area (Å²) in [5, 5.41) is 2.10. The van der Waals surface area contributed by atoms with E-state index < -0.39 is 0 Å². The lowest BCUT2D eigenvalue weighted by Gasteiger charge is -2.30. The van der Waals surface area contributed by atoms with Crippen molar-refractivity contribution in [2.45, 2.75) is 13.0 Å². The first-order valence-corrected chi connectivity index (χ1v) is 6.10. The van der Waals surface area contributed by atoms with Crippen LogP contribution in [0.4, 0.5) is 11.4 Å². The first-order valence-electron chi connectivity index (χ1n) is 6.10. The van der Waals surface area contributed by atoms with E-state index in [-0.39, 0.29) is 6.04 Å². The number of nitrogens with one attached hydrogen (secondary N) is 1. The molecule has 0 saturated heterocycles. The SMILES string of the molecule is C=CC(C)N(Nc1ccccc1)c1ccccc1. The molecule has 1 atom stereocenters. The minimum atomic E-state index is 0.201. The summed E-state index contributed by atoms with van der Waals surface area (Å²) in [5.41, 5.74) is 5.59. The van der Waals surface area contributed by atoms with Gasteiger partial charge in [-0.2, -0.15) is 0 Å². The molecule has 0 aromatic heterocycles. The van der Waals surface area contributed by atoms with E-state index in [4.69, 9.17) is 0 Å². The third-order valence-electron chi connectivity index (χ3n) is 2.81. The molecule has 0 amide bonds. The summed E-state index contributed by atoms with van der Waals surface area (Å²) >= 11 is 0. The van der Waals surface area contributed by atoms with Gasteiger partial charge in [-0.3, -0.25) is 10.4 Å². The van der Waals surface area contributed by atoms with Crippen LogP contribution in [0.15, 0.2) is 73.3 Å². The standard InChI is InChI=1S/C16H18N2/c1-3-14(2)18(16-12-8-5-9-13-16)17-15-10-6-4-7-11-15/h3-14,17H,1H2,2H3. The molecule has 0 radical (unpaired) electrons. The molecule has 0 bridgehead atoms. The van der Waals surface area contributed by atoms with Gasteiger partial charge in [0.05, 0.1) is 17.4 Å². The zero-order valence-corrected chi connectivity index (χ0v) is 10.6. The quantitative estimate of drug-likeness (QED) is 0.623. The summed E-state index contributed by atoms with van der Waals surface area (Å²) in [6.45, 7) is 5.97. The fourth-order valence-electron chi connectivity index (χ4n) is 1.75. The molecule has 2 rings (SSSR count). The van der Waals surface area contributed by atoms with Crippen molar-refractivity contribution in [2.75, 3.05) is 10.4 Å². The summed E-state index contributed by atoms with van der Waals surface area (Å²) in [6, 6.07) is 20.6. The van der Waals surface area contributed by atoms with Gasteiger partial charge in [-0.25, -0.2) is 0 Å². The molecule has 2 heteroatoms. The molecule has 2 aromatic carbocycles. The van der Waals surface area contributed by atoms with Crippen LogP contribution in [-0.2, 0) is 0 Å². The molecule has 1 unspecified atom stereocenters. The van der Waals surface area contributed by atoms with E-state index in [9.17, 15) is 0 Å². The minimum absolute atomic E-state index is 0.201. The Kier molecular flexibility index (Phi) is 4.02. The topological polar surface area (TPSA) is 15.3 Å². The van der Waals surface area contributed by atoms with E-state index in [1.807, 2.05) is 54.6 Å². The van der Waals surface area contributed by atoms with E-state index in [2.05, 4.69) is 36.1 Å². The largest absolute Gasteiger partial charge is 0.298 e. The molecule has 2 aromatic rings. The Balaban J connectivity index is 2.24. The van der Waals surface area contributed by atoms with Crippen LogP contribution in [-0.4, -0.2) is 6.04 Å². The zero-order chi connectivity index (χ0) is 12.8. The zero-order valence-electron chi connectivity index (χ0n) is 10.6. The molecule has 0 spiro atoms. The van der Waals surface area contributed by atoms with Crippen molar-refractivity contribution < 1.29 is 0 Å².